The van der Waals surface area contributed by atoms with Crippen LogP contribution in [0, 0.1) is 0 Å². The fourth-order valence-electron chi connectivity index (χ4n) is 3.79. The summed E-state index contributed by atoms with van der Waals surface area (Å²) in [6, 6.07) is 9.80. The molecule has 2 rings (SSSR count). The van der Waals surface area contributed by atoms with Gasteiger partial charge in [-0.05, 0) is 48.2 Å². The first-order valence-corrected chi connectivity index (χ1v) is 13.7. The van der Waals surface area contributed by atoms with E-state index in [1.54, 1.807) is 28.4 Å². The smallest absolute Gasteiger partial charge is 0.203 e. The van der Waals surface area contributed by atoms with Crippen molar-refractivity contribution < 1.29 is 52.5 Å². The minimum atomic E-state index is 0.0192. The summed E-state index contributed by atoms with van der Waals surface area (Å²) in [4.78, 5) is 0. The topological polar surface area (TPSA) is 113 Å². The average molecular weight is 583 g/mol. The maximum absolute atomic E-state index is 8.61. The molecule has 0 bridgehead atoms. The van der Waals surface area contributed by atoms with Crippen LogP contribution in [0.4, 0.5) is 0 Å². The van der Waals surface area contributed by atoms with E-state index in [1.807, 2.05) is 30.3 Å². The van der Waals surface area contributed by atoms with Crippen LogP contribution in [0.2, 0.25) is 0 Å². The van der Waals surface area contributed by atoms with Crippen molar-refractivity contribution in [3.05, 3.63) is 41.5 Å². The highest BCUT2D eigenvalue weighted by Crippen LogP contribution is 2.39. The summed E-state index contributed by atoms with van der Waals surface area (Å²) in [5.74, 6) is 3.27. The van der Waals surface area contributed by atoms with Crippen molar-refractivity contribution in [1.29, 1.82) is 0 Å². The molecule has 41 heavy (non-hydrogen) atoms. The zero-order valence-electron chi connectivity index (χ0n) is 24.8. The summed E-state index contributed by atoms with van der Waals surface area (Å²) < 4.78 is 54.9. The lowest BCUT2D eigenvalue weighted by molar-refractivity contribution is -0.0147. The first-order chi connectivity index (χ1) is 20.1. The fourth-order valence-corrected chi connectivity index (χ4v) is 3.79. The highest BCUT2D eigenvalue weighted by Gasteiger charge is 2.14. The molecule has 0 aliphatic rings. The first-order valence-electron chi connectivity index (χ1n) is 13.7. The van der Waals surface area contributed by atoms with Gasteiger partial charge in [-0.2, -0.15) is 0 Å². The van der Waals surface area contributed by atoms with Gasteiger partial charge < -0.3 is 52.5 Å². The number of rotatable bonds is 25. The van der Waals surface area contributed by atoms with Crippen LogP contribution >= 0.6 is 0 Å². The van der Waals surface area contributed by atoms with E-state index in [9.17, 15) is 0 Å². The van der Waals surface area contributed by atoms with Crippen LogP contribution in [0.3, 0.4) is 0 Å². The van der Waals surface area contributed by atoms with Gasteiger partial charge in [0.25, 0.3) is 0 Å². The van der Waals surface area contributed by atoms with E-state index in [2.05, 4.69) is 0 Å². The normalized spacial score (nSPS) is 11.0. The Hall–Kier alpha value is -2.80. The minimum absolute atomic E-state index is 0.0192. The second-order valence-electron chi connectivity index (χ2n) is 8.68. The molecule has 2 aromatic rings. The van der Waals surface area contributed by atoms with Crippen LogP contribution in [-0.2, 0) is 36.5 Å². The molecule has 0 unspecified atom stereocenters. The molecule has 1 N–H and O–H groups in total. The maximum atomic E-state index is 8.61. The van der Waals surface area contributed by atoms with Crippen LogP contribution in [0.25, 0.3) is 0 Å². The molecule has 2 aromatic carbocycles. The Labute approximate surface area is 243 Å². The van der Waals surface area contributed by atoms with Gasteiger partial charge in [0.1, 0.15) is 18.1 Å². The Morgan fingerprint density at radius 2 is 0.902 bits per heavy atom. The molecule has 11 nitrogen and oxygen atoms in total. The third-order valence-corrected chi connectivity index (χ3v) is 5.83. The predicted molar refractivity (Wildman–Crippen MR) is 153 cm³/mol. The minimum Gasteiger partial charge on any atom is -0.497 e. The van der Waals surface area contributed by atoms with Gasteiger partial charge in [-0.1, -0.05) is 0 Å². The highest BCUT2D eigenvalue weighted by molar-refractivity contribution is 5.54. The van der Waals surface area contributed by atoms with Crippen LogP contribution in [0.1, 0.15) is 11.1 Å². The van der Waals surface area contributed by atoms with Gasteiger partial charge in [0, 0.05) is 6.07 Å². The molecule has 0 saturated carbocycles. The van der Waals surface area contributed by atoms with Crippen molar-refractivity contribution in [2.45, 2.75) is 12.8 Å². The standard InChI is InChI=1S/C30H46O11/c1-32-26-19-24(20-27(23-26)33-2)5-6-25-21-28(34-3)30(35-4)29(22-25)41-18-17-40-16-15-39-14-13-38-12-11-37-10-9-36-8-7-31/h19-23,31H,5-18H2,1-4H3. The molecule has 0 aliphatic heterocycles. The van der Waals surface area contributed by atoms with Crippen LogP contribution in [0.5, 0.6) is 28.7 Å². The zero-order chi connectivity index (χ0) is 29.5. The van der Waals surface area contributed by atoms with Crippen LogP contribution in [-0.4, -0.2) is 113 Å². The number of ether oxygens (including phenoxy) is 10. The van der Waals surface area contributed by atoms with E-state index in [1.165, 1.54) is 0 Å². The third kappa shape index (κ3) is 14.1. The van der Waals surface area contributed by atoms with Gasteiger partial charge in [0.15, 0.2) is 11.5 Å². The largest absolute Gasteiger partial charge is 0.497 e. The number of benzene rings is 2. The Balaban J connectivity index is 1.66. The highest BCUT2D eigenvalue weighted by atomic mass is 16.6. The molecule has 0 saturated heterocycles. The SMILES string of the molecule is COc1cc(CCc2cc(OC)c(OC)c(OCCOCCOCCOCCOCCOCCO)c2)cc(OC)c1. The Morgan fingerprint density at radius 3 is 1.34 bits per heavy atom. The molecule has 232 valence electrons. The molecule has 0 fully saturated rings. The van der Waals surface area contributed by atoms with E-state index in [-0.39, 0.29) is 6.61 Å². The molecular weight excluding hydrogens is 536 g/mol. The number of hydrogen-bond donors (Lipinski definition) is 1. The average Bonchev–Trinajstić information content (AvgIpc) is 3.00. The van der Waals surface area contributed by atoms with E-state index in [0.717, 1.165) is 35.5 Å². The number of aryl methyl sites for hydroxylation is 2. The molecule has 0 spiro atoms. The predicted octanol–water partition coefficient (Wildman–Crippen LogP) is 2.96. The van der Waals surface area contributed by atoms with E-state index < -0.39 is 0 Å². The second-order valence-corrected chi connectivity index (χ2v) is 8.68. The summed E-state index contributed by atoms with van der Waals surface area (Å²) in [5, 5.41) is 8.61. The van der Waals surface area contributed by atoms with E-state index >= 15 is 0 Å². The number of methoxy groups -OCH3 is 4. The van der Waals surface area contributed by atoms with Gasteiger partial charge in [-0.15, -0.1) is 0 Å². The Morgan fingerprint density at radius 1 is 0.463 bits per heavy atom. The maximum Gasteiger partial charge on any atom is 0.203 e. The van der Waals surface area contributed by atoms with Gasteiger partial charge in [0.2, 0.25) is 5.75 Å². The van der Waals surface area contributed by atoms with E-state index in [4.69, 9.17) is 52.5 Å². The third-order valence-electron chi connectivity index (χ3n) is 5.83. The first kappa shape index (κ1) is 34.4. The van der Waals surface area contributed by atoms with Gasteiger partial charge in [-0.3, -0.25) is 0 Å². The lowest BCUT2D eigenvalue weighted by atomic mass is 10.0. The number of aliphatic hydroxyl groups is 1. The van der Waals surface area contributed by atoms with E-state index in [0.29, 0.717) is 89.9 Å². The second kappa shape index (κ2) is 21.9. The zero-order valence-corrected chi connectivity index (χ0v) is 24.8. The van der Waals surface area contributed by atoms with Crippen molar-refractivity contribution in [2.75, 3.05) is 108 Å². The lowest BCUT2D eigenvalue weighted by Gasteiger charge is -2.16. The van der Waals surface area contributed by atoms with Crippen LogP contribution in [0.15, 0.2) is 30.3 Å². The summed E-state index contributed by atoms with van der Waals surface area (Å²) >= 11 is 0. The van der Waals surface area contributed by atoms with Gasteiger partial charge >= 0.3 is 0 Å². The Kier molecular flexibility index (Phi) is 18.4. The number of hydrogen-bond acceptors (Lipinski definition) is 11. The molecule has 0 aromatic heterocycles. The summed E-state index contributed by atoms with van der Waals surface area (Å²) in [5.41, 5.74) is 2.15. The Bertz CT molecular complexity index is 932. The fraction of sp³-hybridized carbons (Fsp3) is 0.600. The van der Waals surface area contributed by atoms with Crippen molar-refractivity contribution in [2.24, 2.45) is 0 Å². The quantitative estimate of drug-likeness (QED) is 0.174. The lowest BCUT2D eigenvalue weighted by Crippen LogP contribution is -2.14. The van der Waals surface area contributed by atoms with Crippen molar-refractivity contribution in [3.63, 3.8) is 0 Å². The molecule has 0 atom stereocenters. The van der Waals surface area contributed by atoms with Crippen molar-refractivity contribution in [1.82, 2.24) is 0 Å². The summed E-state index contributed by atoms with van der Waals surface area (Å²) in [7, 11) is 6.49. The molecule has 0 heterocycles. The van der Waals surface area contributed by atoms with Gasteiger partial charge in [-0.25, -0.2) is 0 Å². The molecule has 11 heteroatoms. The monoisotopic (exact) mass is 582 g/mol. The van der Waals surface area contributed by atoms with Crippen molar-refractivity contribution >= 4 is 0 Å². The molecular formula is C30H46O11. The summed E-state index contributed by atoms with van der Waals surface area (Å²) in [6.07, 6.45) is 1.55. The van der Waals surface area contributed by atoms with Gasteiger partial charge in [0.05, 0.1) is 101 Å². The van der Waals surface area contributed by atoms with Crippen molar-refractivity contribution in [3.8, 4) is 28.7 Å². The molecule has 0 amide bonds. The summed E-state index contributed by atoms with van der Waals surface area (Å²) in [6.45, 7) is 4.89. The number of aliphatic hydroxyl groups excluding tert-OH is 1. The molecule has 0 aliphatic carbocycles. The molecule has 0 radical (unpaired) electrons. The van der Waals surface area contributed by atoms with Crippen LogP contribution < -0.4 is 23.7 Å².